The Morgan fingerprint density at radius 3 is 2.50 bits per heavy atom. The summed E-state index contributed by atoms with van der Waals surface area (Å²) in [7, 11) is 0. The maximum atomic E-state index is 14.8. The largest absolute Gasteiger partial charge is 0.449 e. The van der Waals surface area contributed by atoms with Gasteiger partial charge in [-0.1, -0.05) is 11.2 Å². The molecular formula is C26H23F2N5O9. The number of carbonyl (C=O) groups is 4. The molecule has 0 spiro atoms. The molecule has 2 atom stereocenters. The molecule has 2 fully saturated rings. The molecule has 220 valence electrons. The van der Waals surface area contributed by atoms with Gasteiger partial charge in [0.05, 0.1) is 24.5 Å². The van der Waals surface area contributed by atoms with E-state index in [1.807, 2.05) is 0 Å². The number of benzene rings is 2. The lowest BCUT2D eigenvalue weighted by Crippen LogP contribution is -2.56. The number of rotatable bonds is 7. The van der Waals surface area contributed by atoms with E-state index < -0.39 is 58.6 Å². The lowest BCUT2D eigenvalue weighted by molar-refractivity contribution is -0.167. The molecule has 1 aromatic heterocycles. The van der Waals surface area contributed by atoms with Crippen LogP contribution in [0, 0.1) is 11.6 Å². The summed E-state index contributed by atoms with van der Waals surface area (Å²) in [5, 5.41) is 5.41. The fraction of sp³-hybridized carbons (Fsp3) is 0.308. The molecule has 2 unspecified atom stereocenters. The zero-order valence-electron chi connectivity index (χ0n) is 21.9. The molecular weight excluding hydrogens is 564 g/mol. The highest BCUT2D eigenvalue weighted by molar-refractivity contribution is 6.05. The minimum Gasteiger partial charge on any atom is -0.449 e. The van der Waals surface area contributed by atoms with Gasteiger partial charge in [-0.2, -0.15) is 0 Å². The predicted molar refractivity (Wildman–Crippen MR) is 138 cm³/mol. The Bertz CT molecular complexity index is 1610. The first-order valence-corrected chi connectivity index (χ1v) is 12.6. The third-order valence-electron chi connectivity index (χ3n) is 6.40. The molecule has 2 saturated heterocycles. The number of hydrogen-bond donors (Lipinski definition) is 2. The first-order chi connectivity index (χ1) is 20.1. The van der Waals surface area contributed by atoms with Crippen molar-refractivity contribution in [1.82, 2.24) is 10.1 Å². The van der Waals surface area contributed by atoms with Gasteiger partial charge in [-0.3, -0.25) is 28.7 Å². The highest BCUT2D eigenvalue weighted by Crippen LogP contribution is 2.29. The molecule has 3 heterocycles. The number of aromatic amines is 1. The van der Waals surface area contributed by atoms with Gasteiger partial charge in [-0.15, -0.1) is 0 Å². The third kappa shape index (κ3) is 5.89. The highest BCUT2D eigenvalue weighted by atomic mass is 19.1. The smallest absolute Gasteiger partial charge is 0.439 e. The van der Waals surface area contributed by atoms with Gasteiger partial charge in [0.15, 0.2) is 11.9 Å². The standard InChI is InChI=1S/C26H23F2N5O9/c1-13(34)41-21(24(36)29-19-11-17(27)16(10-18(19)28)23-30-26(38)42-31-23)22-25(37)33(6-8-40-22)15-4-2-3-14(9-15)32-5-7-39-12-20(32)35/h2-4,9-11,21-22H,5-8,12H2,1H3,(H,29,36)(H,30,31,38). The van der Waals surface area contributed by atoms with E-state index in [0.29, 0.717) is 36.7 Å². The van der Waals surface area contributed by atoms with Gasteiger partial charge in [0, 0.05) is 37.5 Å². The summed E-state index contributed by atoms with van der Waals surface area (Å²) in [6, 6.07) is 7.87. The number of nitrogens with one attached hydrogen (secondary N) is 2. The van der Waals surface area contributed by atoms with Crippen molar-refractivity contribution in [2.45, 2.75) is 19.1 Å². The van der Waals surface area contributed by atoms with Crippen molar-refractivity contribution in [2.24, 2.45) is 0 Å². The summed E-state index contributed by atoms with van der Waals surface area (Å²) in [5.74, 6) is -6.67. The topological polar surface area (TPSA) is 173 Å². The fourth-order valence-corrected chi connectivity index (χ4v) is 4.50. The quantitative estimate of drug-likeness (QED) is 0.379. The maximum absolute atomic E-state index is 14.8. The van der Waals surface area contributed by atoms with E-state index in [-0.39, 0.29) is 31.5 Å². The van der Waals surface area contributed by atoms with E-state index in [4.69, 9.17) is 14.2 Å². The number of halogens is 2. The van der Waals surface area contributed by atoms with Crippen LogP contribution in [0.1, 0.15) is 6.92 Å². The number of aromatic nitrogens is 2. The normalized spacial score (nSPS) is 18.1. The van der Waals surface area contributed by atoms with Gasteiger partial charge in [0.25, 0.3) is 17.7 Å². The zero-order chi connectivity index (χ0) is 30.0. The number of H-pyrrole nitrogens is 1. The second-order valence-electron chi connectivity index (χ2n) is 9.17. The zero-order valence-corrected chi connectivity index (χ0v) is 21.9. The SMILES string of the molecule is CC(=O)OC(C(=O)Nc1cc(F)c(-c2noc(=O)[nH]2)cc1F)C1OCCN(c2cccc(N3CCOCC3=O)c2)C1=O. The van der Waals surface area contributed by atoms with Crippen molar-refractivity contribution >= 4 is 40.8 Å². The molecule has 0 saturated carbocycles. The van der Waals surface area contributed by atoms with Crippen molar-refractivity contribution < 1.29 is 46.7 Å². The van der Waals surface area contributed by atoms with Crippen LogP contribution in [0.2, 0.25) is 0 Å². The van der Waals surface area contributed by atoms with Crippen LogP contribution in [0.25, 0.3) is 11.4 Å². The highest BCUT2D eigenvalue weighted by Gasteiger charge is 2.43. The second kappa shape index (κ2) is 11.9. The Morgan fingerprint density at radius 1 is 1.07 bits per heavy atom. The Labute approximate surface area is 235 Å². The molecule has 0 aliphatic carbocycles. The first-order valence-electron chi connectivity index (χ1n) is 12.6. The summed E-state index contributed by atoms with van der Waals surface area (Å²) >= 11 is 0. The van der Waals surface area contributed by atoms with E-state index in [2.05, 4.69) is 20.0 Å². The number of ether oxygens (including phenoxy) is 3. The van der Waals surface area contributed by atoms with Crippen LogP contribution in [0.5, 0.6) is 0 Å². The molecule has 2 N–H and O–H groups in total. The van der Waals surface area contributed by atoms with Crippen LogP contribution < -0.4 is 20.9 Å². The molecule has 2 aromatic carbocycles. The molecule has 5 rings (SSSR count). The van der Waals surface area contributed by atoms with E-state index >= 15 is 0 Å². The molecule has 2 aliphatic rings. The molecule has 42 heavy (non-hydrogen) atoms. The Balaban J connectivity index is 1.38. The minimum absolute atomic E-state index is 0.0598. The molecule has 2 aliphatic heterocycles. The number of anilines is 3. The summed E-state index contributed by atoms with van der Waals surface area (Å²) in [4.78, 5) is 67.0. The lowest BCUT2D eigenvalue weighted by Gasteiger charge is -2.35. The molecule has 16 heteroatoms. The van der Waals surface area contributed by atoms with E-state index in [0.717, 1.165) is 6.92 Å². The Hall–Kier alpha value is -4.96. The van der Waals surface area contributed by atoms with Gasteiger partial charge < -0.3 is 29.3 Å². The average molecular weight is 587 g/mol. The first kappa shape index (κ1) is 28.6. The molecule has 3 amide bonds. The van der Waals surface area contributed by atoms with Gasteiger partial charge in [0.1, 0.15) is 18.2 Å². The Morgan fingerprint density at radius 2 is 1.81 bits per heavy atom. The molecule has 3 aromatic rings. The number of amides is 3. The molecule has 0 bridgehead atoms. The fourth-order valence-electron chi connectivity index (χ4n) is 4.50. The van der Waals surface area contributed by atoms with E-state index in [1.54, 1.807) is 24.3 Å². The Kier molecular flexibility index (Phi) is 8.08. The lowest BCUT2D eigenvalue weighted by atomic mass is 10.1. The minimum atomic E-state index is -1.88. The third-order valence-corrected chi connectivity index (χ3v) is 6.40. The average Bonchev–Trinajstić information content (AvgIpc) is 3.40. The van der Waals surface area contributed by atoms with Crippen LogP contribution >= 0.6 is 0 Å². The van der Waals surface area contributed by atoms with E-state index in [9.17, 15) is 32.8 Å². The van der Waals surface area contributed by atoms with Crippen LogP contribution in [0.4, 0.5) is 25.8 Å². The van der Waals surface area contributed by atoms with Crippen LogP contribution in [0.15, 0.2) is 45.7 Å². The van der Waals surface area contributed by atoms with Gasteiger partial charge >= 0.3 is 11.7 Å². The number of esters is 1. The van der Waals surface area contributed by atoms with Crippen molar-refractivity contribution in [1.29, 1.82) is 0 Å². The van der Waals surface area contributed by atoms with Gasteiger partial charge in [-0.25, -0.2) is 13.6 Å². The number of carbonyl (C=O) groups excluding carboxylic acids is 4. The number of morpholine rings is 2. The van der Waals surface area contributed by atoms with Crippen molar-refractivity contribution in [2.75, 3.05) is 48.0 Å². The maximum Gasteiger partial charge on any atom is 0.439 e. The number of hydrogen-bond acceptors (Lipinski definition) is 10. The molecule has 0 radical (unpaired) electrons. The van der Waals surface area contributed by atoms with Crippen LogP contribution in [0.3, 0.4) is 0 Å². The summed E-state index contributed by atoms with van der Waals surface area (Å²) in [6.45, 7) is 1.62. The van der Waals surface area contributed by atoms with Crippen molar-refractivity contribution in [3.63, 3.8) is 0 Å². The summed E-state index contributed by atoms with van der Waals surface area (Å²) in [5.41, 5.74) is -0.175. The van der Waals surface area contributed by atoms with Crippen LogP contribution in [-0.4, -0.2) is 78.9 Å². The van der Waals surface area contributed by atoms with Gasteiger partial charge in [0.2, 0.25) is 6.10 Å². The van der Waals surface area contributed by atoms with Crippen molar-refractivity contribution in [3.05, 3.63) is 58.6 Å². The summed E-state index contributed by atoms with van der Waals surface area (Å²) in [6.07, 6.45) is -3.51. The predicted octanol–water partition coefficient (Wildman–Crippen LogP) is 0.973. The molecule has 14 nitrogen and oxygen atoms in total. The monoisotopic (exact) mass is 587 g/mol. The second-order valence-corrected chi connectivity index (χ2v) is 9.17. The van der Waals surface area contributed by atoms with Crippen LogP contribution in [-0.2, 0) is 33.4 Å². The summed E-state index contributed by atoms with van der Waals surface area (Å²) < 4.78 is 49.7. The number of nitrogens with zero attached hydrogens (tertiary/aromatic N) is 3. The van der Waals surface area contributed by atoms with Crippen molar-refractivity contribution in [3.8, 4) is 11.4 Å². The van der Waals surface area contributed by atoms with E-state index in [1.165, 1.54) is 9.80 Å². The van der Waals surface area contributed by atoms with Gasteiger partial charge in [-0.05, 0) is 24.3 Å².